The second-order valence-corrected chi connectivity index (χ2v) is 4.90. The highest BCUT2D eigenvalue weighted by molar-refractivity contribution is 5.77. The maximum atomic E-state index is 13.1. The molecule has 0 N–H and O–H groups in total. The summed E-state index contributed by atoms with van der Waals surface area (Å²) in [6.45, 7) is 3.34. The molecule has 1 unspecified atom stereocenters. The van der Waals surface area contributed by atoms with E-state index in [1.165, 1.54) is 12.1 Å². The Bertz CT molecular complexity index is 470. The fourth-order valence-corrected chi connectivity index (χ4v) is 2.51. The van der Waals surface area contributed by atoms with Crippen LogP contribution in [0.25, 0.3) is 0 Å². The second-order valence-electron chi connectivity index (χ2n) is 4.90. The lowest BCUT2D eigenvalue weighted by Crippen LogP contribution is -2.23. The predicted molar refractivity (Wildman–Crippen MR) is 67.4 cm³/mol. The fourth-order valence-electron chi connectivity index (χ4n) is 2.51. The third kappa shape index (κ3) is 2.91. The number of benzene rings is 1. The lowest BCUT2D eigenvalue weighted by molar-refractivity contribution is -0.137. The van der Waals surface area contributed by atoms with Crippen LogP contribution in [0.5, 0.6) is 0 Å². The molecule has 1 aliphatic heterocycles. The van der Waals surface area contributed by atoms with E-state index in [0.717, 1.165) is 18.9 Å². The van der Waals surface area contributed by atoms with Crippen LogP contribution in [0.1, 0.15) is 35.7 Å². The zero-order valence-electron chi connectivity index (χ0n) is 10.7. The van der Waals surface area contributed by atoms with Gasteiger partial charge in [-0.2, -0.15) is 13.2 Å². The number of carbonyl (C=O) groups is 1. The maximum absolute atomic E-state index is 13.1. The Hall–Kier alpha value is -1.52. The van der Waals surface area contributed by atoms with Crippen molar-refractivity contribution in [3.8, 4) is 0 Å². The first-order chi connectivity index (χ1) is 8.95. The number of rotatable bonds is 3. The molecule has 1 heterocycles. The van der Waals surface area contributed by atoms with Gasteiger partial charge < -0.3 is 4.90 Å². The Labute approximate surface area is 110 Å². The van der Waals surface area contributed by atoms with Crippen molar-refractivity contribution in [1.29, 1.82) is 0 Å². The van der Waals surface area contributed by atoms with Gasteiger partial charge in [-0.05, 0) is 30.5 Å². The Morgan fingerprint density at radius 3 is 2.68 bits per heavy atom. The molecule has 0 bridgehead atoms. The molecule has 19 heavy (non-hydrogen) atoms. The van der Waals surface area contributed by atoms with Gasteiger partial charge >= 0.3 is 6.18 Å². The largest absolute Gasteiger partial charge is 0.418 e. The minimum absolute atomic E-state index is 0.0577. The zero-order valence-corrected chi connectivity index (χ0v) is 10.7. The van der Waals surface area contributed by atoms with Crippen molar-refractivity contribution in [2.45, 2.75) is 25.9 Å². The average Bonchev–Trinajstić information content (AvgIpc) is 2.85. The lowest BCUT2D eigenvalue weighted by Gasteiger charge is -2.23. The normalized spacial score (nSPS) is 19.8. The first-order valence-electron chi connectivity index (χ1n) is 6.37. The first kappa shape index (κ1) is 13.9. The van der Waals surface area contributed by atoms with Crippen LogP contribution in [0.2, 0.25) is 0 Å². The van der Waals surface area contributed by atoms with Crippen molar-refractivity contribution in [2.24, 2.45) is 5.92 Å². The number of hydrogen-bond donors (Lipinski definition) is 0. The van der Waals surface area contributed by atoms with Gasteiger partial charge in [-0.25, -0.2) is 0 Å². The van der Waals surface area contributed by atoms with E-state index in [-0.39, 0.29) is 11.3 Å². The standard InChI is InChI=1S/C14H16F3NO/c1-2-10-5-6-18(8-10)13-4-3-11(9-19)7-12(13)14(15,16)17/h3-4,7,9-10H,2,5-6,8H2,1H3. The molecule has 0 radical (unpaired) electrons. The molecule has 0 aromatic heterocycles. The SMILES string of the molecule is CCC1CCN(c2ccc(C=O)cc2C(F)(F)F)C1. The highest BCUT2D eigenvalue weighted by Gasteiger charge is 2.36. The number of anilines is 1. The third-order valence-electron chi connectivity index (χ3n) is 3.67. The molecular weight excluding hydrogens is 255 g/mol. The van der Waals surface area contributed by atoms with E-state index >= 15 is 0 Å². The van der Waals surface area contributed by atoms with Gasteiger partial charge in [0.05, 0.1) is 5.56 Å². The quantitative estimate of drug-likeness (QED) is 0.780. The van der Waals surface area contributed by atoms with Crippen LogP contribution in [0.4, 0.5) is 18.9 Å². The maximum Gasteiger partial charge on any atom is 0.418 e. The number of nitrogens with zero attached hydrogens (tertiary/aromatic N) is 1. The fraction of sp³-hybridized carbons (Fsp3) is 0.500. The van der Waals surface area contributed by atoms with Crippen LogP contribution in [0.15, 0.2) is 18.2 Å². The molecule has 1 aromatic carbocycles. The Morgan fingerprint density at radius 1 is 1.42 bits per heavy atom. The van der Waals surface area contributed by atoms with Gasteiger partial charge in [0.1, 0.15) is 6.29 Å². The molecule has 1 aliphatic rings. The van der Waals surface area contributed by atoms with E-state index in [0.29, 0.717) is 25.3 Å². The number of alkyl halides is 3. The van der Waals surface area contributed by atoms with Crippen LogP contribution in [-0.4, -0.2) is 19.4 Å². The van der Waals surface area contributed by atoms with Crippen LogP contribution in [0.3, 0.4) is 0 Å². The smallest absolute Gasteiger partial charge is 0.371 e. The second kappa shape index (κ2) is 5.23. The Kier molecular flexibility index (Phi) is 3.83. The van der Waals surface area contributed by atoms with Gasteiger partial charge in [0.25, 0.3) is 0 Å². The van der Waals surface area contributed by atoms with Crippen molar-refractivity contribution in [2.75, 3.05) is 18.0 Å². The lowest BCUT2D eigenvalue weighted by atomic mass is 10.1. The molecule has 104 valence electrons. The molecule has 1 fully saturated rings. The number of aldehydes is 1. The summed E-state index contributed by atoms with van der Waals surface area (Å²) >= 11 is 0. The van der Waals surface area contributed by atoms with Crippen molar-refractivity contribution < 1.29 is 18.0 Å². The molecule has 0 saturated carbocycles. The topological polar surface area (TPSA) is 20.3 Å². The van der Waals surface area contributed by atoms with Crippen molar-refractivity contribution in [3.05, 3.63) is 29.3 Å². The summed E-state index contributed by atoms with van der Waals surface area (Å²) in [5.41, 5.74) is -0.467. The van der Waals surface area contributed by atoms with Gasteiger partial charge in [0, 0.05) is 24.3 Å². The number of carbonyl (C=O) groups excluding carboxylic acids is 1. The Morgan fingerprint density at radius 2 is 2.16 bits per heavy atom. The van der Waals surface area contributed by atoms with Gasteiger partial charge in [0.15, 0.2) is 0 Å². The summed E-state index contributed by atoms with van der Waals surface area (Å²) in [5, 5.41) is 0. The number of hydrogen-bond acceptors (Lipinski definition) is 2. The van der Waals surface area contributed by atoms with Crippen LogP contribution >= 0.6 is 0 Å². The minimum Gasteiger partial charge on any atom is -0.371 e. The van der Waals surface area contributed by atoms with Gasteiger partial charge in [-0.15, -0.1) is 0 Å². The highest BCUT2D eigenvalue weighted by atomic mass is 19.4. The molecule has 2 nitrogen and oxygen atoms in total. The summed E-state index contributed by atoms with van der Waals surface area (Å²) in [6, 6.07) is 3.78. The van der Waals surface area contributed by atoms with E-state index in [9.17, 15) is 18.0 Å². The molecule has 1 aromatic rings. The van der Waals surface area contributed by atoms with Crippen LogP contribution in [0, 0.1) is 5.92 Å². The van der Waals surface area contributed by atoms with Crippen molar-refractivity contribution in [1.82, 2.24) is 0 Å². The van der Waals surface area contributed by atoms with Crippen molar-refractivity contribution in [3.63, 3.8) is 0 Å². The minimum atomic E-state index is -4.43. The predicted octanol–water partition coefficient (Wildman–Crippen LogP) is 3.75. The monoisotopic (exact) mass is 271 g/mol. The molecule has 0 amide bonds. The molecular formula is C14H16F3NO. The van der Waals surface area contributed by atoms with Crippen LogP contribution < -0.4 is 4.90 Å². The summed E-state index contributed by atoms with van der Waals surface area (Å²) in [5.74, 6) is 0.451. The summed E-state index contributed by atoms with van der Waals surface area (Å²) in [4.78, 5) is 12.4. The van der Waals surface area contributed by atoms with E-state index < -0.39 is 11.7 Å². The number of halogens is 3. The first-order valence-corrected chi connectivity index (χ1v) is 6.37. The van der Waals surface area contributed by atoms with E-state index in [1.807, 2.05) is 6.92 Å². The summed E-state index contributed by atoms with van der Waals surface area (Å²) < 4.78 is 39.2. The summed E-state index contributed by atoms with van der Waals surface area (Å²) in [7, 11) is 0. The Balaban J connectivity index is 2.37. The zero-order chi connectivity index (χ0) is 14.0. The van der Waals surface area contributed by atoms with Gasteiger partial charge in [0.2, 0.25) is 0 Å². The molecule has 1 saturated heterocycles. The molecule has 1 atom stereocenters. The molecule has 0 aliphatic carbocycles. The summed E-state index contributed by atoms with van der Waals surface area (Å²) in [6.07, 6.45) is -2.09. The molecule has 5 heteroatoms. The average molecular weight is 271 g/mol. The van der Waals surface area contributed by atoms with E-state index in [1.54, 1.807) is 4.90 Å². The highest BCUT2D eigenvalue weighted by Crippen LogP contribution is 2.39. The van der Waals surface area contributed by atoms with Crippen molar-refractivity contribution >= 4 is 12.0 Å². The van der Waals surface area contributed by atoms with Gasteiger partial charge in [-0.1, -0.05) is 13.3 Å². The van der Waals surface area contributed by atoms with E-state index in [2.05, 4.69) is 0 Å². The van der Waals surface area contributed by atoms with Crippen LogP contribution in [-0.2, 0) is 6.18 Å². The van der Waals surface area contributed by atoms with E-state index in [4.69, 9.17) is 0 Å². The van der Waals surface area contributed by atoms with Gasteiger partial charge in [-0.3, -0.25) is 4.79 Å². The molecule has 0 spiro atoms. The molecule has 2 rings (SSSR count). The third-order valence-corrected chi connectivity index (χ3v) is 3.67.